The van der Waals surface area contributed by atoms with Crippen LogP contribution in [0.3, 0.4) is 0 Å². The SMILES string of the molecule is COc1ccc(C2C3=C(CC(C)(C)CC3=O)Nc3c(C(=O)Nc4ccccc4)c(Nc4ccccc4Cl)nn32)cc1. The van der Waals surface area contributed by atoms with Crippen molar-refractivity contribution in [3.05, 3.63) is 106 Å². The predicted octanol–water partition coefficient (Wildman–Crippen LogP) is 7.20. The molecular weight excluding hydrogens is 538 g/mol. The van der Waals surface area contributed by atoms with Crippen LogP contribution in [0.15, 0.2) is 90.1 Å². The van der Waals surface area contributed by atoms with Crippen LogP contribution in [-0.2, 0) is 4.79 Å². The molecule has 2 aliphatic rings. The fourth-order valence-electron chi connectivity index (χ4n) is 5.57. The Kier molecular flexibility index (Phi) is 6.79. The number of para-hydroxylation sites is 2. The minimum absolute atomic E-state index is 0.0571. The Morgan fingerprint density at radius 2 is 1.73 bits per heavy atom. The molecule has 1 aliphatic carbocycles. The molecule has 3 aromatic carbocycles. The molecule has 1 aliphatic heterocycles. The van der Waals surface area contributed by atoms with Crippen LogP contribution in [0.4, 0.5) is 23.0 Å². The van der Waals surface area contributed by atoms with Gasteiger partial charge in [-0.2, -0.15) is 5.10 Å². The number of ketones is 1. The van der Waals surface area contributed by atoms with Gasteiger partial charge in [-0.05, 0) is 53.8 Å². The summed E-state index contributed by atoms with van der Waals surface area (Å²) in [5.41, 5.74) is 3.65. The van der Waals surface area contributed by atoms with Crippen molar-refractivity contribution >= 4 is 46.3 Å². The van der Waals surface area contributed by atoms with E-state index in [0.29, 0.717) is 57.8 Å². The average molecular weight is 568 g/mol. The summed E-state index contributed by atoms with van der Waals surface area (Å²) >= 11 is 6.49. The number of hydrogen-bond donors (Lipinski definition) is 3. The van der Waals surface area contributed by atoms with E-state index in [1.54, 1.807) is 17.9 Å². The molecule has 1 aromatic heterocycles. The first kappa shape index (κ1) is 26.7. The maximum absolute atomic E-state index is 13.9. The van der Waals surface area contributed by atoms with Gasteiger partial charge in [0.15, 0.2) is 11.6 Å². The average Bonchev–Trinajstić information content (AvgIpc) is 3.30. The molecule has 1 unspecified atom stereocenters. The lowest BCUT2D eigenvalue weighted by Gasteiger charge is -2.39. The normalized spacial score (nSPS) is 17.3. The molecule has 1 amide bonds. The number of halogens is 1. The number of hydrogen-bond acceptors (Lipinski definition) is 6. The number of benzene rings is 3. The van der Waals surface area contributed by atoms with Crippen LogP contribution in [0.1, 0.15) is 48.7 Å². The van der Waals surface area contributed by atoms with Crippen LogP contribution in [0.2, 0.25) is 5.02 Å². The maximum atomic E-state index is 13.9. The van der Waals surface area contributed by atoms with Crippen LogP contribution < -0.4 is 20.7 Å². The highest BCUT2D eigenvalue weighted by Gasteiger charge is 2.43. The predicted molar refractivity (Wildman–Crippen MR) is 161 cm³/mol. The van der Waals surface area contributed by atoms with Gasteiger partial charge in [0.1, 0.15) is 23.2 Å². The fourth-order valence-corrected chi connectivity index (χ4v) is 5.75. The molecule has 4 aromatic rings. The third-order valence-electron chi connectivity index (χ3n) is 7.43. The van der Waals surface area contributed by atoms with Crippen LogP contribution in [0.5, 0.6) is 5.75 Å². The van der Waals surface area contributed by atoms with E-state index in [9.17, 15) is 9.59 Å². The summed E-state index contributed by atoms with van der Waals surface area (Å²) in [7, 11) is 1.61. The first-order valence-electron chi connectivity index (χ1n) is 13.4. The molecule has 41 heavy (non-hydrogen) atoms. The van der Waals surface area contributed by atoms with Crippen molar-refractivity contribution in [2.24, 2.45) is 5.41 Å². The lowest BCUT2D eigenvalue weighted by Crippen LogP contribution is -2.37. The van der Waals surface area contributed by atoms with Gasteiger partial charge < -0.3 is 20.7 Å². The lowest BCUT2D eigenvalue weighted by atomic mass is 9.73. The van der Waals surface area contributed by atoms with Gasteiger partial charge in [-0.1, -0.05) is 67.9 Å². The zero-order chi connectivity index (χ0) is 28.7. The van der Waals surface area contributed by atoms with E-state index in [1.165, 1.54) is 0 Å². The molecule has 8 nitrogen and oxygen atoms in total. The van der Waals surface area contributed by atoms with Crippen molar-refractivity contribution in [3.8, 4) is 5.75 Å². The standard InChI is InChI=1S/C32H30ClN5O3/c1-32(2)17-24-26(25(39)18-32)28(19-13-15-21(41-3)16-14-19)38-30(36-24)27(31(40)34-20-9-5-4-6-10-20)29(37-38)35-23-12-8-7-11-22(23)33/h4-16,28,36H,17-18H2,1-3H3,(H,34,40)(H,35,37). The minimum atomic E-state index is -0.541. The monoisotopic (exact) mass is 567 g/mol. The molecule has 0 saturated carbocycles. The summed E-state index contributed by atoms with van der Waals surface area (Å²) in [4.78, 5) is 27.6. The summed E-state index contributed by atoms with van der Waals surface area (Å²) < 4.78 is 7.11. The van der Waals surface area contributed by atoms with E-state index in [-0.39, 0.29) is 17.1 Å². The van der Waals surface area contributed by atoms with Crippen molar-refractivity contribution in [1.82, 2.24) is 9.78 Å². The number of allylic oxidation sites excluding steroid dienone is 2. The van der Waals surface area contributed by atoms with Crippen molar-refractivity contribution in [1.29, 1.82) is 0 Å². The highest BCUT2D eigenvalue weighted by Crippen LogP contribution is 2.48. The largest absolute Gasteiger partial charge is 0.497 e. The number of amides is 1. The van der Waals surface area contributed by atoms with Gasteiger partial charge in [-0.15, -0.1) is 0 Å². The fraction of sp³-hybridized carbons (Fsp3) is 0.219. The molecule has 6 rings (SSSR count). The first-order chi connectivity index (χ1) is 19.7. The number of nitrogens with zero attached hydrogens (tertiary/aromatic N) is 2. The highest BCUT2D eigenvalue weighted by molar-refractivity contribution is 6.33. The third-order valence-corrected chi connectivity index (χ3v) is 7.76. The van der Waals surface area contributed by atoms with Gasteiger partial charge in [0.05, 0.1) is 17.8 Å². The molecule has 0 fully saturated rings. The molecule has 208 valence electrons. The van der Waals surface area contributed by atoms with Gasteiger partial charge in [-0.3, -0.25) is 9.59 Å². The first-order valence-corrected chi connectivity index (χ1v) is 13.8. The van der Waals surface area contributed by atoms with Gasteiger partial charge in [0.25, 0.3) is 5.91 Å². The minimum Gasteiger partial charge on any atom is -0.497 e. The molecular formula is C32H30ClN5O3. The van der Waals surface area contributed by atoms with E-state index in [1.807, 2.05) is 72.8 Å². The Morgan fingerprint density at radius 1 is 1.02 bits per heavy atom. The number of carbonyl (C=O) groups is 2. The number of fused-ring (bicyclic) bond motifs is 1. The Morgan fingerprint density at radius 3 is 2.44 bits per heavy atom. The number of carbonyl (C=O) groups excluding carboxylic acids is 2. The molecule has 0 saturated heterocycles. The number of nitrogens with one attached hydrogen (secondary N) is 3. The number of anilines is 4. The Balaban J connectivity index is 1.54. The van der Waals surface area contributed by atoms with E-state index in [4.69, 9.17) is 21.4 Å². The molecule has 9 heteroatoms. The van der Waals surface area contributed by atoms with Gasteiger partial charge in [-0.25, -0.2) is 4.68 Å². The third kappa shape index (κ3) is 5.07. The van der Waals surface area contributed by atoms with Gasteiger partial charge in [0, 0.05) is 23.4 Å². The quantitative estimate of drug-likeness (QED) is 0.228. The topological polar surface area (TPSA) is 97.3 Å². The summed E-state index contributed by atoms with van der Waals surface area (Å²) in [6.07, 6.45) is 1.07. The molecule has 1 atom stereocenters. The second-order valence-electron chi connectivity index (χ2n) is 11.1. The highest BCUT2D eigenvalue weighted by atomic mass is 35.5. The second kappa shape index (κ2) is 10.4. The van der Waals surface area contributed by atoms with Crippen LogP contribution in [-0.4, -0.2) is 28.6 Å². The van der Waals surface area contributed by atoms with E-state index >= 15 is 0 Å². The molecule has 2 heterocycles. The number of aromatic nitrogens is 2. The molecule has 0 bridgehead atoms. The molecule has 3 N–H and O–H groups in total. The zero-order valence-corrected chi connectivity index (χ0v) is 23.8. The van der Waals surface area contributed by atoms with E-state index in [0.717, 1.165) is 11.3 Å². The number of ether oxygens (including phenoxy) is 1. The summed E-state index contributed by atoms with van der Waals surface area (Å²) in [5, 5.41) is 15.1. The van der Waals surface area contributed by atoms with E-state index < -0.39 is 6.04 Å². The molecule has 0 radical (unpaired) electrons. The Bertz CT molecular complexity index is 1680. The van der Waals surface area contributed by atoms with Crippen LogP contribution in [0, 0.1) is 5.41 Å². The lowest BCUT2D eigenvalue weighted by molar-refractivity contribution is -0.118. The Labute approximate surface area is 243 Å². The van der Waals surface area contributed by atoms with Gasteiger partial charge >= 0.3 is 0 Å². The van der Waals surface area contributed by atoms with Crippen LogP contribution >= 0.6 is 11.6 Å². The van der Waals surface area contributed by atoms with E-state index in [2.05, 4.69) is 29.8 Å². The Hall–Kier alpha value is -4.56. The van der Waals surface area contributed by atoms with Crippen molar-refractivity contribution < 1.29 is 14.3 Å². The number of rotatable bonds is 6. The summed E-state index contributed by atoms with van der Waals surface area (Å²) in [6.45, 7) is 4.16. The summed E-state index contributed by atoms with van der Waals surface area (Å²) in [6, 6.07) is 23.6. The maximum Gasteiger partial charge on any atom is 0.263 e. The number of Topliss-reactive ketones (excluding diaryl/α,β-unsaturated/α-hetero) is 1. The zero-order valence-electron chi connectivity index (χ0n) is 23.0. The van der Waals surface area contributed by atoms with Crippen LogP contribution in [0.25, 0.3) is 0 Å². The smallest absolute Gasteiger partial charge is 0.263 e. The molecule has 0 spiro atoms. The van der Waals surface area contributed by atoms with Crippen molar-refractivity contribution in [2.45, 2.75) is 32.7 Å². The second-order valence-corrected chi connectivity index (χ2v) is 11.5. The van der Waals surface area contributed by atoms with Crippen molar-refractivity contribution in [2.75, 3.05) is 23.1 Å². The van der Waals surface area contributed by atoms with Crippen molar-refractivity contribution in [3.63, 3.8) is 0 Å². The number of methoxy groups -OCH3 is 1. The summed E-state index contributed by atoms with van der Waals surface area (Å²) in [5.74, 6) is 1.23. The van der Waals surface area contributed by atoms with Gasteiger partial charge in [0.2, 0.25) is 0 Å².